The highest BCUT2D eigenvalue weighted by molar-refractivity contribution is 5.47. The van der Waals surface area contributed by atoms with Gasteiger partial charge in [0.2, 0.25) is 0 Å². The largest absolute Gasteiger partial charge is 0.508 e. The summed E-state index contributed by atoms with van der Waals surface area (Å²) in [6, 6.07) is 4.72. The second-order valence-electron chi connectivity index (χ2n) is 9.04. The van der Waals surface area contributed by atoms with Crippen LogP contribution in [-0.2, 0) is 0 Å². The van der Waals surface area contributed by atoms with Crippen LogP contribution in [0.1, 0.15) is 131 Å². The molecule has 0 bridgehead atoms. The predicted molar refractivity (Wildman–Crippen MR) is 106 cm³/mol. The van der Waals surface area contributed by atoms with E-state index in [1.807, 2.05) is 0 Å². The Morgan fingerprint density at radius 1 is 0.480 bits per heavy atom. The fraction of sp³-hybridized carbons (Fsp3) is 0.750. The zero-order valence-corrected chi connectivity index (χ0v) is 15.9. The highest BCUT2D eigenvalue weighted by atomic mass is 16.3. The van der Waals surface area contributed by atoms with Gasteiger partial charge in [-0.15, -0.1) is 0 Å². The zero-order chi connectivity index (χ0) is 17.1. The van der Waals surface area contributed by atoms with Gasteiger partial charge >= 0.3 is 0 Å². The fourth-order valence-electron chi connectivity index (χ4n) is 5.91. The van der Waals surface area contributed by atoms with Crippen LogP contribution in [0.4, 0.5) is 0 Å². The molecule has 3 aliphatic rings. The molecule has 4 rings (SSSR count). The van der Waals surface area contributed by atoms with E-state index in [0.29, 0.717) is 17.6 Å². The van der Waals surface area contributed by atoms with Gasteiger partial charge in [0.1, 0.15) is 5.75 Å². The van der Waals surface area contributed by atoms with Crippen molar-refractivity contribution in [2.75, 3.05) is 0 Å². The molecule has 0 unspecified atom stereocenters. The van der Waals surface area contributed by atoms with Crippen LogP contribution in [0.3, 0.4) is 0 Å². The molecular weight excluding hydrogens is 304 g/mol. The second-order valence-corrected chi connectivity index (χ2v) is 9.04. The fourth-order valence-corrected chi connectivity index (χ4v) is 5.91. The SMILES string of the molecule is Oc1cc(C2CCCCC2)c(C2CCCCC2)cc1C1CCCCC1. The van der Waals surface area contributed by atoms with Crippen molar-refractivity contribution in [3.05, 3.63) is 28.8 Å². The topological polar surface area (TPSA) is 20.2 Å². The summed E-state index contributed by atoms with van der Waals surface area (Å²) in [7, 11) is 0. The molecule has 0 aliphatic heterocycles. The van der Waals surface area contributed by atoms with E-state index in [9.17, 15) is 5.11 Å². The van der Waals surface area contributed by atoms with E-state index in [2.05, 4.69) is 12.1 Å². The van der Waals surface area contributed by atoms with E-state index in [1.54, 1.807) is 5.56 Å². The van der Waals surface area contributed by atoms with E-state index >= 15 is 0 Å². The van der Waals surface area contributed by atoms with Gasteiger partial charge in [0, 0.05) is 0 Å². The Kier molecular flexibility index (Phi) is 5.68. The molecule has 0 saturated heterocycles. The first-order chi connectivity index (χ1) is 12.3. The van der Waals surface area contributed by atoms with Crippen molar-refractivity contribution in [1.29, 1.82) is 0 Å². The smallest absolute Gasteiger partial charge is 0.119 e. The maximum atomic E-state index is 10.9. The Morgan fingerprint density at radius 2 is 0.840 bits per heavy atom. The van der Waals surface area contributed by atoms with Gasteiger partial charge < -0.3 is 5.11 Å². The van der Waals surface area contributed by atoms with Crippen LogP contribution >= 0.6 is 0 Å². The van der Waals surface area contributed by atoms with Crippen molar-refractivity contribution in [2.24, 2.45) is 0 Å². The van der Waals surface area contributed by atoms with E-state index in [0.717, 1.165) is 5.92 Å². The molecule has 0 amide bonds. The van der Waals surface area contributed by atoms with Crippen LogP contribution in [0.15, 0.2) is 12.1 Å². The van der Waals surface area contributed by atoms with E-state index in [4.69, 9.17) is 0 Å². The van der Waals surface area contributed by atoms with Gasteiger partial charge in [-0.3, -0.25) is 0 Å². The summed E-state index contributed by atoms with van der Waals surface area (Å²) < 4.78 is 0. The first-order valence-electron chi connectivity index (χ1n) is 11.2. The van der Waals surface area contributed by atoms with Crippen molar-refractivity contribution in [3.63, 3.8) is 0 Å². The quantitative estimate of drug-likeness (QED) is 0.602. The van der Waals surface area contributed by atoms with E-state index in [1.165, 1.54) is 107 Å². The van der Waals surface area contributed by atoms with Crippen LogP contribution in [0.25, 0.3) is 0 Å². The molecule has 0 radical (unpaired) electrons. The number of phenolic OH excluding ortho intramolecular Hbond substituents is 1. The van der Waals surface area contributed by atoms with Gasteiger partial charge in [0.25, 0.3) is 0 Å². The lowest BCUT2D eigenvalue weighted by molar-refractivity contribution is 0.400. The molecule has 1 aromatic carbocycles. The highest BCUT2D eigenvalue weighted by Gasteiger charge is 2.27. The number of rotatable bonds is 3. The summed E-state index contributed by atoms with van der Waals surface area (Å²) in [6.45, 7) is 0. The first kappa shape index (κ1) is 17.4. The molecule has 0 heterocycles. The Bertz CT molecular complexity index is 558. The standard InChI is InChI=1S/C24H36O/c25-24-17-22(19-12-6-2-7-13-19)21(18-10-4-1-5-11-18)16-23(24)20-14-8-3-9-15-20/h16-20,25H,1-15H2. The van der Waals surface area contributed by atoms with Crippen molar-refractivity contribution in [2.45, 2.75) is 114 Å². The monoisotopic (exact) mass is 340 g/mol. The summed E-state index contributed by atoms with van der Waals surface area (Å²) in [5, 5.41) is 10.9. The maximum absolute atomic E-state index is 10.9. The molecule has 1 heteroatoms. The van der Waals surface area contributed by atoms with Gasteiger partial charge in [-0.1, -0.05) is 63.9 Å². The Hall–Kier alpha value is -0.980. The van der Waals surface area contributed by atoms with Crippen molar-refractivity contribution in [3.8, 4) is 5.75 Å². The summed E-state index contributed by atoms with van der Waals surface area (Å²) in [4.78, 5) is 0. The minimum absolute atomic E-state index is 0.608. The molecule has 3 saturated carbocycles. The molecule has 0 spiro atoms. The third-order valence-corrected chi connectivity index (χ3v) is 7.37. The minimum atomic E-state index is 0.608. The molecule has 1 nitrogen and oxygen atoms in total. The molecule has 1 aromatic rings. The predicted octanol–water partition coefficient (Wildman–Crippen LogP) is 7.54. The van der Waals surface area contributed by atoms with Crippen LogP contribution in [0.5, 0.6) is 5.75 Å². The average molecular weight is 341 g/mol. The van der Waals surface area contributed by atoms with Gasteiger partial charge in [-0.05, 0) is 79.0 Å². The van der Waals surface area contributed by atoms with Gasteiger partial charge in [0.15, 0.2) is 0 Å². The van der Waals surface area contributed by atoms with Crippen molar-refractivity contribution in [1.82, 2.24) is 0 Å². The number of hydrogen-bond donors (Lipinski definition) is 1. The molecular formula is C24H36O. The molecule has 1 N–H and O–H groups in total. The molecule has 138 valence electrons. The number of benzene rings is 1. The Balaban J connectivity index is 1.69. The summed E-state index contributed by atoms with van der Waals surface area (Å²) in [5.74, 6) is 2.69. The highest BCUT2D eigenvalue weighted by Crippen LogP contribution is 2.46. The third-order valence-electron chi connectivity index (χ3n) is 7.37. The first-order valence-corrected chi connectivity index (χ1v) is 11.2. The number of aromatic hydroxyl groups is 1. The molecule has 25 heavy (non-hydrogen) atoms. The van der Waals surface area contributed by atoms with Crippen LogP contribution in [0, 0.1) is 0 Å². The summed E-state index contributed by atoms with van der Waals surface area (Å²) in [6.07, 6.45) is 20.4. The molecule has 3 fully saturated rings. The lowest BCUT2D eigenvalue weighted by Gasteiger charge is -2.32. The normalized spacial score (nSPS) is 24.5. The van der Waals surface area contributed by atoms with Crippen LogP contribution in [-0.4, -0.2) is 5.11 Å². The number of hydrogen-bond acceptors (Lipinski definition) is 1. The zero-order valence-electron chi connectivity index (χ0n) is 15.9. The Morgan fingerprint density at radius 3 is 1.28 bits per heavy atom. The van der Waals surface area contributed by atoms with E-state index in [-0.39, 0.29) is 0 Å². The third kappa shape index (κ3) is 3.91. The maximum Gasteiger partial charge on any atom is 0.119 e. The molecule has 0 atom stereocenters. The molecule has 3 aliphatic carbocycles. The summed E-state index contributed by atoms with van der Waals surface area (Å²) >= 11 is 0. The second kappa shape index (κ2) is 8.14. The minimum Gasteiger partial charge on any atom is -0.508 e. The van der Waals surface area contributed by atoms with Gasteiger partial charge in [-0.2, -0.15) is 0 Å². The lowest BCUT2D eigenvalue weighted by Crippen LogP contribution is -2.14. The number of phenols is 1. The molecule has 0 aromatic heterocycles. The van der Waals surface area contributed by atoms with Crippen molar-refractivity contribution < 1.29 is 5.11 Å². The van der Waals surface area contributed by atoms with Gasteiger partial charge in [-0.25, -0.2) is 0 Å². The van der Waals surface area contributed by atoms with Crippen LogP contribution < -0.4 is 0 Å². The lowest BCUT2D eigenvalue weighted by atomic mass is 9.73. The van der Waals surface area contributed by atoms with Crippen molar-refractivity contribution >= 4 is 0 Å². The van der Waals surface area contributed by atoms with Gasteiger partial charge in [0.05, 0.1) is 0 Å². The van der Waals surface area contributed by atoms with Crippen LogP contribution in [0.2, 0.25) is 0 Å². The van der Waals surface area contributed by atoms with E-state index < -0.39 is 0 Å². The average Bonchev–Trinajstić information content (AvgIpc) is 2.70. The Labute approximate surface area is 154 Å². The summed E-state index contributed by atoms with van der Waals surface area (Å²) in [5.41, 5.74) is 4.47.